The molecule has 0 aliphatic rings. The summed E-state index contributed by atoms with van der Waals surface area (Å²) in [7, 11) is 0. The average molecular weight is 282 g/mol. The Kier molecular flexibility index (Phi) is 3.51. The van der Waals surface area contributed by atoms with E-state index in [0.29, 0.717) is 0 Å². The molecule has 1 rings (SSSR count). The molecule has 0 unspecified atom stereocenters. The number of hydrogen-bond acceptors (Lipinski definition) is 4. The molecule has 0 aliphatic heterocycles. The van der Waals surface area contributed by atoms with Gasteiger partial charge in [0.05, 0.1) is 5.56 Å². The Morgan fingerprint density at radius 1 is 1.67 bits per heavy atom. The molecular weight excluding hydrogens is 276 g/mol. The van der Waals surface area contributed by atoms with E-state index in [0.717, 1.165) is 6.07 Å². The number of halogens is 3. The van der Waals surface area contributed by atoms with Gasteiger partial charge in [0.15, 0.2) is 0 Å². The smallest absolute Gasteiger partial charge is 0.362 e. The zero-order chi connectivity index (χ0) is 11.6. The number of nitrogens with zero attached hydrogens (tertiary/aromatic N) is 2. The van der Waals surface area contributed by atoms with Crippen LogP contribution in [0.2, 0.25) is 0 Å². The first kappa shape index (κ1) is 11.8. The van der Waals surface area contributed by atoms with Crippen LogP contribution in [-0.4, -0.2) is 9.91 Å². The molecule has 0 saturated carbocycles. The maximum Gasteiger partial charge on any atom is 0.366 e. The van der Waals surface area contributed by atoms with E-state index in [2.05, 4.69) is 20.9 Å². The van der Waals surface area contributed by atoms with E-state index < -0.39 is 28.5 Å². The summed E-state index contributed by atoms with van der Waals surface area (Å²) in [5, 5.41) is 10.4. The molecule has 5 nitrogen and oxygen atoms in total. The molecule has 15 heavy (non-hydrogen) atoms. The highest BCUT2D eigenvalue weighted by atomic mass is 79.9. The molecule has 1 heterocycles. The number of nitro groups is 1. The van der Waals surface area contributed by atoms with Gasteiger partial charge in [-0.2, -0.15) is 0 Å². The summed E-state index contributed by atoms with van der Waals surface area (Å²) in [5.41, 5.74) is 4.83. The van der Waals surface area contributed by atoms with E-state index in [1.54, 1.807) is 0 Å². The first-order chi connectivity index (χ1) is 6.97. The van der Waals surface area contributed by atoms with Crippen LogP contribution in [0.5, 0.6) is 0 Å². The molecule has 8 heteroatoms. The van der Waals surface area contributed by atoms with E-state index in [1.807, 2.05) is 0 Å². The van der Waals surface area contributed by atoms with Crippen molar-refractivity contribution >= 4 is 27.6 Å². The summed E-state index contributed by atoms with van der Waals surface area (Å²) >= 11 is 2.95. The fourth-order valence-corrected chi connectivity index (χ4v) is 1.53. The molecule has 0 atom stereocenters. The quantitative estimate of drug-likeness (QED) is 0.524. The zero-order valence-corrected chi connectivity index (χ0v) is 8.87. The molecule has 0 aromatic carbocycles. The molecule has 1 aromatic heterocycles. The second-order valence-electron chi connectivity index (χ2n) is 2.63. The van der Waals surface area contributed by atoms with E-state index in [-0.39, 0.29) is 10.9 Å². The van der Waals surface area contributed by atoms with Crippen molar-refractivity contribution < 1.29 is 13.7 Å². The van der Waals surface area contributed by atoms with Crippen LogP contribution in [0.4, 0.5) is 20.4 Å². The van der Waals surface area contributed by atoms with Gasteiger partial charge >= 0.3 is 5.82 Å². The summed E-state index contributed by atoms with van der Waals surface area (Å²) in [5.74, 6) is -1.04. The van der Waals surface area contributed by atoms with Crippen LogP contribution in [0.1, 0.15) is 17.6 Å². The first-order valence-electron chi connectivity index (χ1n) is 3.75. The largest absolute Gasteiger partial charge is 0.366 e. The SMILES string of the molecule is Nc1nc([N+](=O)[O-])cc(CBr)c1C(F)F. The lowest BCUT2D eigenvalue weighted by Gasteiger charge is -2.05. The van der Waals surface area contributed by atoms with Crippen molar-refractivity contribution in [3.63, 3.8) is 0 Å². The Labute approximate surface area is 91.6 Å². The van der Waals surface area contributed by atoms with Crippen molar-refractivity contribution in [3.05, 3.63) is 27.3 Å². The van der Waals surface area contributed by atoms with Crippen LogP contribution in [0.15, 0.2) is 6.07 Å². The van der Waals surface area contributed by atoms with Gasteiger partial charge in [-0.05, 0) is 15.5 Å². The number of nitrogens with two attached hydrogens (primary N) is 1. The summed E-state index contributed by atoms with van der Waals surface area (Å²) in [6, 6.07) is 0.979. The molecule has 0 aliphatic carbocycles. The van der Waals surface area contributed by atoms with E-state index in [9.17, 15) is 18.9 Å². The highest BCUT2D eigenvalue weighted by Gasteiger charge is 2.24. The third-order valence-corrected chi connectivity index (χ3v) is 2.31. The van der Waals surface area contributed by atoms with Gasteiger partial charge in [-0.1, -0.05) is 15.9 Å². The maximum atomic E-state index is 12.5. The highest BCUT2D eigenvalue weighted by molar-refractivity contribution is 9.08. The summed E-state index contributed by atoms with van der Waals surface area (Å²) in [6.45, 7) is 0. The lowest BCUT2D eigenvalue weighted by molar-refractivity contribution is -0.389. The molecular formula is C7H6BrF2N3O2. The van der Waals surface area contributed by atoms with Crippen LogP contribution < -0.4 is 5.73 Å². The second-order valence-corrected chi connectivity index (χ2v) is 3.19. The lowest BCUT2D eigenvalue weighted by Crippen LogP contribution is -2.05. The normalized spacial score (nSPS) is 10.7. The molecule has 2 N–H and O–H groups in total. The van der Waals surface area contributed by atoms with Crippen molar-refractivity contribution in [1.29, 1.82) is 0 Å². The minimum Gasteiger partial charge on any atom is -0.362 e. The zero-order valence-electron chi connectivity index (χ0n) is 7.28. The number of rotatable bonds is 3. The van der Waals surface area contributed by atoms with Crippen molar-refractivity contribution in [1.82, 2.24) is 4.98 Å². The van der Waals surface area contributed by atoms with E-state index in [1.165, 1.54) is 0 Å². The Bertz CT molecular complexity index is 400. The predicted octanol–water partition coefficient (Wildman–Crippen LogP) is 2.40. The predicted molar refractivity (Wildman–Crippen MR) is 52.9 cm³/mol. The molecule has 0 bridgehead atoms. The third-order valence-electron chi connectivity index (χ3n) is 1.71. The number of hydrogen-bond donors (Lipinski definition) is 1. The standard InChI is InChI=1S/C7H6BrF2N3O2/c8-2-3-1-4(13(14)15)12-7(11)5(3)6(9)10/h1,6H,2H2,(H2,11,12). The molecule has 0 spiro atoms. The molecule has 0 fully saturated rings. The maximum absolute atomic E-state index is 12.5. The number of anilines is 1. The van der Waals surface area contributed by atoms with Crippen LogP contribution in [0.3, 0.4) is 0 Å². The minimum atomic E-state index is -2.80. The number of alkyl halides is 3. The number of aromatic nitrogens is 1. The molecule has 82 valence electrons. The van der Waals surface area contributed by atoms with Gasteiger partial charge in [0.1, 0.15) is 0 Å². The molecule has 0 radical (unpaired) electrons. The summed E-state index contributed by atoms with van der Waals surface area (Å²) in [4.78, 5) is 12.9. The minimum absolute atomic E-state index is 0.0558. The topological polar surface area (TPSA) is 82.0 Å². The third kappa shape index (κ3) is 2.38. The highest BCUT2D eigenvalue weighted by Crippen LogP contribution is 2.31. The van der Waals surface area contributed by atoms with Gasteiger partial charge in [0.2, 0.25) is 5.82 Å². The Morgan fingerprint density at radius 3 is 2.67 bits per heavy atom. The summed E-state index contributed by atoms with van der Waals surface area (Å²) < 4.78 is 25.0. The monoisotopic (exact) mass is 281 g/mol. The first-order valence-corrected chi connectivity index (χ1v) is 4.87. The fraction of sp³-hybridized carbons (Fsp3) is 0.286. The molecule has 0 saturated heterocycles. The summed E-state index contributed by atoms with van der Waals surface area (Å²) in [6.07, 6.45) is -2.80. The van der Waals surface area contributed by atoms with Crippen LogP contribution in [-0.2, 0) is 5.33 Å². The van der Waals surface area contributed by atoms with Crippen molar-refractivity contribution in [3.8, 4) is 0 Å². The van der Waals surface area contributed by atoms with Gasteiger partial charge in [-0.3, -0.25) is 0 Å². The van der Waals surface area contributed by atoms with Crippen molar-refractivity contribution in [2.75, 3.05) is 5.73 Å². The van der Waals surface area contributed by atoms with Gasteiger partial charge in [-0.25, -0.2) is 8.78 Å². The van der Waals surface area contributed by atoms with E-state index in [4.69, 9.17) is 5.73 Å². The fourth-order valence-electron chi connectivity index (χ4n) is 1.07. The van der Waals surface area contributed by atoms with Gasteiger partial charge in [-0.15, -0.1) is 0 Å². The van der Waals surface area contributed by atoms with Crippen LogP contribution in [0, 0.1) is 10.1 Å². The van der Waals surface area contributed by atoms with Crippen LogP contribution >= 0.6 is 15.9 Å². The van der Waals surface area contributed by atoms with Gasteiger partial charge in [0, 0.05) is 11.4 Å². The Hall–Kier alpha value is -1.31. The second kappa shape index (κ2) is 4.47. The Morgan fingerprint density at radius 2 is 2.27 bits per heavy atom. The van der Waals surface area contributed by atoms with Gasteiger partial charge < -0.3 is 15.8 Å². The van der Waals surface area contributed by atoms with Crippen LogP contribution in [0.25, 0.3) is 0 Å². The Balaban J connectivity index is 3.37. The molecule has 0 amide bonds. The van der Waals surface area contributed by atoms with Crippen molar-refractivity contribution in [2.45, 2.75) is 11.8 Å². The van der Waals surface area contributed by atoms with Crippen molar-refractivity contribution in [2.24, 2.45) is 0 Å². The average Bonchev–Trinajstić information content (AvgIpc) is 2.15. The number of pyridine rings is 1. The lowest BCUT2D eigenvalue weighted by atomic mass is 10.1. The number of nitrogen functional groups attached to an aromatic ring is 1. The van der Waals surface area contributed by atoms with E-state index >= 15 is 0 Å². The van der Waals surface area contributed by atoms with Gasteiger partial charge in [0.25, 0.3) is 6.43 Å². The molecule has 1 aromatic rings.